The summed E-state index contributed by atoms with van der Waals surface area (Å²) in [5, 5.41) is 9.25. The first-order valence-electron chi connectivity index (χ1n) is 6.96. The average molecular weight is 326 g/mol. The molecule has 1 aliphatic heterocycles. The highest BCUT2D eigenvalue weighted by atomic mass is 35.5. The molecule has 0 bridgehead atoms. The van der Waals surface area contributed by atoms with Crippen molar-refractivity contribution in [1.29, 1.82) is 5.26 Å². The van der Waals surface area contributed by atoms with E-state index in [1.54, 1.807) is 0 Å². The minimum Gasteiger partial charge on any atom is -0.298 e. The molecule has 1 aromatic rings. The van der Waals surface area contributed by atoms with E-state index in [-0.39, 0.29) is 15.5 Å². The van der Waals surface area contributed by atoms with Crippen LogP contribution < -0.4 is 0 Å². The Hall–Kier alpha value is -1.13. The average Bonchev–Trinajstić information content (AvgIpc) is 3.32. The third kappa shape index (κ3) is 2.92. The second-order valence-corrected chi connectivity index (χ2v) is 7.77. The molecule has 1 saturated heterocycles. The second kappa shape index (κ2) is 5.58. The Kier molecular flexibility index (Phi) is 3.93. The Morgan fingerprint density at radius 1 is 1.19 bits per heavy atom. The van der Waals surface area contributed by atoms with Crippen molar-refractivity contribution in [3.05, 3.63) is 28.8 Å². The standard InChI is InChI=1S/C14H16ClN3O2S/c15-14-4-3-13(9-11(14)10-16)21(19,20)18-7-5-17(6-8-18)12-1-2-12/h3-4,9,12H,1-2,5-8H2. The van der Waals surface area contributed by atoms with Gasteiger partial charge < -0.3 is 0 Å². The molecule has 1 aromatic carbocycles. The van der Waals surface area contributed by atoms with Gasteiger partial charge in [0, 0.05) is 32.2 Å². The number of benzene rings is 1. The van der Waals surface area contributed by atoms with Gasteiger partial charge in [-0.05, 0) is 31.0 Å². The number of nitriles is 1. The first-order chi connectivity index (χ1) is 10.0. The number of hydrogen-bond donors (Lipinski definition) is 0. The van der Waals surface area contributed by atoms with Crippen LogP contribution >= 0.6 is 11.6 Å². The van der Waals surface area contributed by atoms with E-state index in [1.807, 2.05) is 6.07 Å². The van der Waals surface area contributed by atoms with Crippen molar-refractivity contribution in [3.63, 3.8) is 0 Å². The van der Waals surface area contributed by atoms with E-state index in [0.29, 0.717) is 19.1 Å². The zero-order chi connectivity index (χ0) is 15.0. The molecule has 2 fully saturated rings. The highest BCUT2D eigenvalue weighted by Crippen LogP contribution is 2.29. The van der Waals surface area contributed by atoms with Gasteiger partial charge in [-0.1, -0.05) is 11.6 Å². The maximum absolute atomic E-state index is 12.6. The SMILES string of the molecule is N#Cc1cc(S(=O)(=O)N2CCN(C3CC3)CC2)ccc1Cl. The number of nitrogens with zero attached hydrogens (tertiary/aromatic N) is 3. The van der Waals surface area contributed by atoms with Crippen molar-refractivity contribution in [2.75, 3.05) is 26.2 Å². The summed E-state index contributed by atoms with van der Waals surface area (Å²) in [6.07, 6.45) is 2.46. The third-order valence-corrected chi connectivity index (χ3v) is 6.26. The number of sulfonamides is 1. The number of rotatable bonds is 3. The van der Waals surface area contributed by atoms with Gasteiger partial charge in [-0.15, -0.1) is 0 Å². The zero-order valence-electron chi connectivity index (χ0n) is 11.5. The third-order valence-electron chi connectivity index (χ3n) is 4.03. The Bertz CT molecular complexity index is 687. The summed E-state index contributed by atoms with van der Waals surface area (Å²) in [7, 11) is -3.54. The van der Waals surface area contributed by atoms with E-state index < -0.39 is 10.0 Å². The largest absolute Gasteiger partial charge is 0.298 e. The summed E-state index contributed by atoms with van der Waals surface area (Å²) in [6, 6.07) is 6.86. The van der Waals surface area contributed by atoms with Gasteiger partial charge in [-0.25, -0.2) is 8.42 Å². The van der Waals surface area contributed by atoms with Gasteiger partial charge in [-0.3, -0.25) is 4.90 Å². The van der Waals surface area contributed by atoms with Crippen LogP contribution in [0.15, 0.2) is 23.1 Å². The van der Waals surface area contributed by atoms with Crippen molar-refractivity contribution in [1.82, 2.24) is 9.21 Å². The highest BCUT2D eigenvalue weighted by Gasteiger charge is 2.34. The van der Waals surface area contributed by atoms with E-state index >= 15 is 0 Å². The van der Waals surface area contributed by atoms with Gasteiger partial charge in [0.05, 0.1) is 15.5 Å². The van der Waals surface area contributed by atoms with Crippen molar-refractivity contribution >= 4 is 21.6 Å². The lowest BCUT2D eigenvalue weighted by Crippen LogP contribution is -2.49. The predicted molar refractivity (Wildman–Crippen MR) is 79.5 cm³/mol. The van der Waals surface area contributed by atoms with E-state index in [9.17, 15) is 8.42 Å². The summed E-state index contributed by atoms with van der Waals surface area (Å²) >= 11 is 5.86. The van der Waals surface area contributed by atoms with Gasteiger partial charge in [0.15, 0.2) is 0 Å². The van der Waals surface area contributed by atoms with Crippen molar-refractivity contribution in [3.8, 4) is 6.07 Å². The summed E-state index contributed by atoms with van der Waals surface area (Å²) < 4.78 is 26.7. The molecule has 0 N–H and O–H groups in total. The lowest BCUT2D eigenvalue weighted by Gasteiger charge is -2.34. The second-order valence-electron chi connectivity index (χ2n) is 5.42. The first-order valence-corrected chi connectivity index (χ1v) is 8.78. The molecule has 1 heterocycles. The molecule has 0 amide bonds. The molecule has 21 heavy (non-hydrogen) atoms. The lowest BCUT2D eigenvalue weighted by atomic mass is 10.2. The van der Waals surface area contributed by atoms with Crippen LogP contribution in [0.2, 0.25) is 5.02 Å². The predicted octanol–water partition coefficient (Wildman–Crippen LogP) is 1.68. The van der Waals surface area contributed by atoms with Crippen LogP contribution in [0.4, 0.5) is 0 Å². The van der Waals surface area contributed by atoms with Gasteiger partial charge in [0.2, 0.25) is 10.0 Å². The topological polar surface area (TPSA) is 64.4 Å². The molecule has 0 atom stereocenters. The van der Waals surface area contributed by atoms with E-state index in [2.05, 4.69) is 4.90 Å². The number of hydrogen-bond acceptors (Lipinski definition) is 4. The molecule has 112 valence electrons. The maximum atomic E-state index is 12.6. The van der Waals surface area contributed by atoms with Gasteiger partial charge in [-0.2, -0.15) is 9.57 Å². The minimum atomic E-state index is -3.54. The molecule has 3 rings (SSSR count). The van der Waals surface area contributed by atoms with Crippen molar-refractivity contribution < 1.29 is 8.42 Å². The van der Waals surface area contributed by atoms with Crippen LogP contribution in [0.3, 0.4) is 0 Å². The van der Waals surface area contributed by atoms with E-state index in [0.717, 1.165) is 13.1 Å². The quantitative estimate of drug-likeness (QED) is 0.848. The molecular formula is C14H16ClN3O2S. The fourth-order valence-electron chi connectivity index (χ4n) is 2.65. The maximum Gasteiger partial charge on any atom is 0.243 e. The Balaban J connectivity index is 1.79. The lowest BCUT2D eigenvalue weighted by molar-refractivity contribution is 0.180. The van der Waals surface area contributed by atoms with Crippen LogP contribution in [0.25, 0.3) is 0 Å². The summed E-state index contributed by atoms with van der Waals surface area (Å²) in [5.74, 6) is 0. The van der Waals surface area contributed by atoms with Gasteiger partial charge >= 0.3 is 0 Å². The Morgan fingerprint density at radius 3 is 2.43 bits per heavy atom. The fraction of sp³-hybridized carbons (Fsp3) is 0.500. The summed E-state index contributed by atoms with van der Waals surface area (Å²) in [4.78, 5) is 2.50. The minimum absolute atomic E-state index is 0.142. The normalized spacial score (nSPS) is 21.1. The van der Waals surface area contributed by atoms with Crippen LogP contribution in [-0.4, -0.2) is 49.8 Å². The van der Waals surface area contributed by atoms with Crippen molar-refractivity contribution in [2.24, 2.45) is 0 Å². The summed E-state index contributed by atoms with van der Waals surface area (Å²) in [6.45, 7) is 2.57. The molecule has 0 radical (unpaired) electrons. The molecule has 0 spiro atoms. The zero-order valence-corrected chi connectivity index (χ0v) is 13.1. The van der Waals surface area contributed by atoms with Crippen molar-refractivity contribution in [2.45, 2.75) is 23.8 Å². The molecule has 1 saturated carbocycles. The molecule has 1 aliphatic carbocycles. The molecular weight excluding hydrogens is 310 g/mol. The molecule has 7 heteroatoms. The molecule has 5 nitrogen and oxygen atoms in total. The number of halogens is 1. The smallest absolute Gasteiger partial charge is 0.243 e. The van der Waals surface area contributed by atoms with Crippen LogP contribution in [0, 0.1) is 11.3 Å². The van der Waals surface area contributed by atoms with Gasteiger partial charge in [0.1, 0.15) is 6.07 Å². The van der Waals surface area contributed by atoms with Crippen LogP contribution in [0.5, 0.6) is 0 Å². The first kappa shape index (κ1) is 14.8. The molecule has 0 aromatic heterocycles. The highest BCUT2D eigenvalue weighted by molar-refractivity contribution is 7.89. The summed E-state index contributed by atoms with van der Waals surface area (Å²) in [5.41, 5.74) is 0.189. The van der Waals surface area contributed by atoms with Crippen LogP contribution in [-0.2, 0) is 10.0 Å². The monoisotopic (exact) mass is 325 g/mol. The molecule has 0 unspecified atom stereocenters. The van der Waals surface area contributed by atoms with E-state index in [1.165, 1.54) is 35.3 Å². The van der Waals surface area contributed by atoms with Crippen LogP contribution in [0.1, 0.15) is 18.4 Å². The van der Waals surface area contributed by atoms with Gasteiger partial charge in [0.25, 0.3) is 0 Å². The molecule has 2 aliphatic rings. The number of piperazine rings is 1. The van der Waals surface area contributed by atoms with E-state index in [4.69, 9.17) is 16.9 Å². The Morgan fingerprint density at radius 2 is 1.86 bits per heavy atom. The Labute approximate surface area is 129 Å². The fourth-order valence-corrected chi connectivity index (χ4v) is 4.26.